The van der Waals surface area contributed by atoms with Gasteiger partial charge in [0.1, 0.15) is 19.8 Å². The minimum atomic E-state index is -0.408. The quantitative estimate of drug-likeness (QED) is 0.122. The average Bonchev–Trinajstić information content (AvgIpc) is 3.35. The van der Waals surface area contributed by atoms with Gasteiger partial charge in [0.2, 0.25) is 5.75 Å². The smallest absolute Gasteiger partial charge is 0.293 e. The lowest BCUT2D eigenvalue weighted by atomic mass is 10.1. The van der Waals surface area contributed by atoms with Crippen molar-refractivity contribution in [1.29, 1.82) is 0 Å². The first kappa shape index (κ1) is 32.3. The second-order valence-corrected chi connectivity index (χ2v) is 12.5. The number of benzene rings is 5. The fraction of sp³-hybridized carbons (Fsp3) is 0.105. The van der Waals surface area contributed by atoms with E-state index in [2.05, 4.69) is 0 Å². The van der Waals surface area contributed by atoms with Gasteiger partial charge in [-0.15, -0.1) is 0 Å². The second kappa shape index (κ2) is 15.3. The van der Waals surface area contributed by atoms with Crippen LogP contribution in [-0.2, 0) is 31.2 Å². The van der Waals surface area contributed by atoms with Crippen LogP contribution in [0, 0.1) is 0 Å². The van der Waals surface area contributed by atoms with Crippen molar-refractivity contribution in [3.63, 3.8) is 0 Å². The predicted molar refractivity (Wildman–Crippen MR) is 187 cm³/mol. The lowest BCUT2D eigenvalue weighted by Gasteiger charge is -2.20. The number of hydrogen-bond donors (Lipinski definition) is 0. The third kappa shape index (κ3) is 8.37. The molecule has 0 radical (unpaired) electrons. The molecule has 47 heavy (non-hydrogen) atoms. The zero-order valence-corrected chi connectivity index (χ0v) is 27.4. The number of rotatable bonds is 12. The van der Waals surface area contributed by atoms with E-state index in [1.54, 1.807) is 36.4 Å². The Kier molecular flexibility index (Phi) is 10.5. The molecule has 5 aromatic carbocycles. The first-order valence-electron chi connectivity index (χ1n) is 14.8. The fourth-order valence-electron chi connectivity index (χ4n) is 4.85. The molecule has 2 amide bonds. The van der Waals surface area contributed by atoms with Crippen molar-refractivity contribution in [2.24, 2.45) is 0 Å². The Morgan fingerprint density at radius 2 is 1.11 bits per heavy atom. The largest absolute Gasteiger partial charge is 0.485 e. The molecule has 1 fully saturated rings. The van der Waals surface area contributed by atoms with Crippen molar-refractivity contribution in [2.45, 2.75) is 26.4 Å². The van der Waals surface area contributed by atoms with Gasteiger partial charge in [-0.05, 0) is 69.9 Å². The van der Waals surface area contributed by atoms with E-state index in [1.165, 1.54) is 4.90 Å². The van der Waals surface area contributed by atoms with Gasteiger partial charge in [-0.2, -0.15) is 0 Å². The summed E-state index contributed by atoms with van der Waals surface area (Å²) in [6.07, 6.45) is 1.64. The predicted octanol–water partition coefficient (Wildman–Crippen LogP) is 9.97. The van der Waals surface area contributed by atoms with Crippen molar-refractivity contribution in [3.05, 3.63) is 164 Å². The molecule has 9 heteroatoms. The Labute approximate surface area is 287 Å². The van der Waals surface area contributed by atoms with Crippen LogP contribution in [0.15, 0.2) is 126 Å². The number of thioether (sulfide) groups is 1. The number of halogens is 2. The first-order valence-corrected chi connectivity index (χ1v) is 16.4. The third-order valence-electron chi connectivity index (χ3n) is 7.24. The monoisotopic (exact) mass is 681 g/mol. The highest BCUT2D eigenvalue weighted by molar-refractivity contribution is 8.18. The van der Waals surface area contributed by atoms with Gasteiger partial charge in [0.15, 0.2) is 11.5 Å². The van der Waals surface area contributed by atoms with Crippen LogP contribution in [0.5, 0.6) is 17.2 Å². The van der Waals surface area contributed by atoms with Crippen molar-refractivity contribution in [1.82, 2.24) is 4.90 Å². The summed E-state index contributed by atoms with van der Waals surface area (Å²) in [7, 11) is 0. The highest BCUT2D eigenvalue weighted by Crippen LogP contribution is 2.42. The maximum Gasteiger partial charge on any atom is 0.293 e. The maximum atomic E-state index is 13.5. The van der Waals surface area contributed by atoms with Crippen LogP contribution in [0.2, 0.25) is 10.0 Å². The molecule has 236 valence electrons. The molecule has 1 heterocycles. The molecule has 1 aliphatic rings. The molecular formula is C38H29Cl2NO5S. The van der Waals surface area contributed by atoms with Gasteiger partial charge in [0.25, 0.3) is 11.1 Å². The van der Waals surface area contributed by atoms with E-state index in [0.29, 0.717) is 38.4 Å². The van der Waals surface area contributed by atoms with Crippen molar-refractivity contribution in [2.75, 3.05) is 0 Å². The van der Waals surface area contributed by atoms with Crippen LogP contribution < -0.4 is 14.2 Å². The molecule has 1 saturated heterocycles. The van der Waals surface area contributed by atoms with Gasteiger partial charge in [-0.1, -0.05) is 120 Å². The molecule has 0 N–H and O–H groups in total. The molecule has 6 rings (SSSR count). The Bertz CT molecular complexity index is 1840. The minimum absolute atomic E-state index is 0.00569. The lowest BCUT2D eigenvalue weighted by Crippen LogP contribution is -2.27. The topological polar surface area (TPSA) is 65.1 Å². The molecule has 1 aliphatic heterocycles. The number of nitrogens with zero attached hydrogens (tertiary/aromatic N) is 1. The summed E-state index contributed by atoms with van der Waals surface area (Å²) in [6.45, 7) is 0.841. The number of carbonyl (C=O) groups excluding carboxylic acids is 2. The molecule has 6 nitrogen and oxygen atoms in total. The van der Waals surface area contributed by atoms with E-state index < -0.39 is 5.91 Å². The minimum Gasteiger partial charge on any atom is -0.485 e. The standard InChI is InChI=1S/C38H29Cl2NO5S/c39-31-17-16-29(18-32(31)40)21-35-37(42)41(38(43)47-35)22-30-19-33(44-23-26-10-4-1-5-11-26)36(46-25-28-14-8-3-9-15-28)34(20-30)45-24-27-12-6-2-7-13-27/h1-21H,22-25H2/b35-21-. The molecule has 0 spiro atoms. The van der Waals surface area contributed by atoms with Crippen molar-refractivity contribution in [3.8, 4) is 17.2 Å². The maximum absolute atomic E-state index is 13.5. The molecule has 0 saturated carbocycles. The lowest BCUT2D eigenvalue weighted by molar-refractivity contribution is -0.123. The highest BCUT2D eigenvalue weighted by atomic mass is 35.5. The second-order valence-electron chi connectivity index (χ2n) is 10.7. The zero-order chi connectivity index (χ0) is 32.6. The molecule has 0 unspecified atom stereocenters. The Morgan fingerprint density at radius 1 is 0.596 bits per heavy atom. The van der Waals surface area contributed by atoms with E-state index in [9.17, 15) is 9.59 Å². The van der Waals surface area contributed by atoms with Gasteiger partial charge in [0.05, 0.1) is 21.5 Å². The number of hydrogen-bond acceptors (Lipinski definition) is 6. The Balaban J connectivity index is 1.32. The summed E-state index contributed by atoms with van der Waals surface area (Å²) in [5.74, 6) is 0.888. The van der Waals surface area contributed by atoms with Crippen LogP contribution in [-0.4, -0.2) is 16.0 Å². The number of amides is 2. The summed E-state index contributed by atoms with van der Waals surface area (Å²) in [4.78, 5) is 28.1. The molecule has 0 atom stereocenters. The molecule has 0 bridgehead atoms. The van der Waals surface area contributed by atoms with E-state index in [0.717, 1.165) is 28.5 Å². The Morgan fingerprint density at radius 3 is 1.62 bits per heavy atom. The van der Waals surface area contributed by atoms with Gasteiger partial charge in [-0.25, -0.2) is 0 Å². The van der Waals surface area contributed by atoms with Crippen LogP contribution in [0.25, 0.3) is 6.08 Å². The van der Waals surface area contributed by atoms with Gasteiger partial charge < -0.3 is 14.2 Å². The normalized spacial score (nSPS) is 13.7. The highest BCUT2D eigenvalue weighted by Gasteiger charge is 2.35. The average molecular weight is 683 g/mol. The van der Waals surface area contributed by atoms with Gasteiger partial charge in [-0.3, -0.25) is 14.5 Å². The zero-order valence-electron chi connectivity index (χ0n) is 25.1. The fourth-order valence-corrected chi connectivity index (χ4v) is 6.00. The molecule has 5 aromatic rings. The van der Waals surface area contributed by atoms with Crippen molar-refractivity contribution >= 4 is 52.2 Å². The van der Waals surface area contributed by atoms with Gasteiger partial charge >= 0.3 is 0 Å². The van der Waals surface area contributed by atoms with E-state index >= 15 is 0 Å². The van der Waals surface area contributed by atoms with Crippen molar-refractivity contribution < 1.29 is 23.8 Å². The SMILES string of the molecule is O=C1S/C(=C\c2ccc(Cl)c(Cl)c2)C(=O)N1Cc1cc(OCc2ccccc2)c(OCc2ccccc2)c(OCc2ccccc2)c1. The van der Waals surface area contributed by atoms with E-state index in [4.69, 9.17) is 37.4 Å². The summed E-state index contributed by atoms with van der Waals surface area (Å²) in [6, 6.07) is 38.0. The Hall–Kier alpha value is -4.69. The van der Waals surface area contributed by atoms with Crippen LogP contribution >= 0.6 is 35.0 Å². The first-order chi connectivity index (χ1) is 22.9. The van der Waals surface area contributed by atoms with Crippen LogP contribution in [0.3, 0.4) is 0 Å². The van der Waals surface area contributed by atoms with E-state index in [-0.39, 0.29) is 36.5 Å². The number of ether oxygens (including phenoxy) is 3. The van der Waals surface area contributed by atoms with Crippen LogP contribution in [0.1, 0.15) is 27.8 Å². The molecular weight excluding hydrogens is 653 g/mol. The summed E-state index contributed by atoms with van der Waals surface area (Å²) in [5, 5.41) is 0.383. The van der Waals surface area contributed by atoms with Crippen LogP contribution in [0.4, 0.5) is 4.79 Å². The molecule has 0 aromatic heterocycles. The molecule has 0 aliphatic carbocycles. The van der Waals surface area contributed by atoms with E-state index in [1.807, 2.05) is 91.0 Å². The summed E-state index contributed by atoms with van der Waals surface area (Å²) in [5.41, 5.74) is 4.22. The summed E-state index contributed by atoms with van der Waals surface area (Å²) < 4.78 is 19.1. The third-order valence-corrected chi connectivity index (χ3v) is 8.88. The van der Waals surface area contributed by atoms with Gasteiger partial charge in [0, 0.05) is 0 Å². The number of carbonyl (C=O) groups is 2. The summed E-state index contributed by atoms with van der Waals surface area (Å²) >= 11 is 13.1. The number of imide groups is 1.